The van der Waals surface area contributed by atoms with Crippen molar-refractivity contribution in [1.29, 1.82) is 0 Å². The summed E-state index contributed by atoms with van der Waals surface area (Å²) >= 11 is 0. The van der Waals surface area contributed by atoms with Gasteiger partial charge >= 0.3 is 5.97 Å². The van der Waals surface area contributed by atoms with E-state index in [4.69, 9.17) is 20.3 Å². The molecule has 5 aliphatic rings. The highest BCUT2D eigenvalue weighted by molar-refractivity contribution is 5.90. The molecular formula is C43H71N5O5. The molecule has 1 saturated heterocycles. The smallest absolute Gasteiger partial charge is 0.307 e. The molecule has 4 aliphatic carbocycles. The van der Waals surface area contributed by atoms with Crippen molar-refractivity contribution in [2.75, 3.05) is 19.8 Å². The van der Waals surface area contributed by atoms with Crippen LogP contribution in [0.15, 0.2) is 18.0 Å². The van der Waals surface area contributed by atoms with E-state index in [0.717, 1.165) is 38.5 Å². The molecule has 1 aromatic heterocycles. The van der Waals surface area contributed by atoms with Crippen LogP contribution in [0.1, 0.15) is 145 Å². The molecule has 2 heterocycles. The number of nitrogens with two attached hydrogens (primary N) is 1. The Morgan fingerprint density at radius 1 is 1.09 bits per heavy atom. The van der Waals surface area contributed by atoms with Crippen LogP contribution < -0.4 is 11.1 Å². The number of hydrogen-bond acceptors (Lipinski definition) is 7. The minimum Gasteiger partial charge on any atom is -0.481 e. The van der Waals surface area contributed by atoms with Crippen LogP contribution in [0.25, 0.3) is 0 Å². The maximum absolute atomic E-state index is 13.8. The van der Waals surface area contributed by atoms with Gasteiger partial charge in [0.1, 0.15) is 6.33 Å². The predicted octanol–water partition coefficient (Wildman–Crippen LogP) is 7.69. The first-order valence-electron chi connectivity index (χ1n) is 20.8. The molecule has 4 fully saturated rings. The van der Waals surface area contributed by atoms with E-state index in [0.29, 0.717) is 38.0 Å². The standard InChI is InChI=1S/C43H71N5O5/c1-13-27(6)47-36(49)35-45-24-46-48(35)31-20-43-23-52-21-39(9,34(31)53-22-42(12,44)26(4)5)32(43)15-14-29-30(43)16-17-41(11)33(37(50)51)38(8,28(7)25(2)3)18-19-40(29,41)10/h16,24-29,31-34H,13-15,17-23,44H2,1-12H3,(H,47,49)(H,50,51)/t27-,28+,29-,31+,32-,33+,34-,38+,39+,40+,41-,42-,43-/m0/s1. The van der Waals surface area contributed by atoms with Crippen LogP contribution in [0, 0.1) is 62.6 Å². The lowest BCUT2D eigenvalue weighted by Gasteiger charge is -2.71. The first kappa shape index (κ1) is 40.4. The molecule has 10 heteroatoms. The van der Waals surface area contributed by atoms with Gasteiger partial charge in [0.2, 0.25) is 5.82 Å². The second-order valence-corrected chi connectivity index (χ2v) is 20.3. The van der Waals surface area contributed by atoms with Crippen molar-refractivity contribution in [3.8, 4) is 0 Å². The second kappa shape index (κ2) is 13.7. The monoisotopic (exact) mass is 738 g/mol. The van der Waals surface area contributed by atoms with E-state index < -0.39 is 22.8 Å². The van der Waals surface area contributed by atoms with Gasteiger partial charge in [-0.2, -0.15) is 5.10 Å². The molecule has 10 nitrogen and oxygen atoms in total. The Morgan fingerprint density at radius 3 is 2.42 bits per heavy atom. The number of carbonyl (C=O) groups is 2. The van der Waals surface area contributed by atoms with Gasteiger partial charge in [0.25, 0.3) is 5.91 Å². The van der Waals surface area contributed by atoms with Crippen LogP contribution in [0.4, 0.5) is 0 Å². The molecule has 298 valence electrons. The highest BCUT2D eigenvalue weighted by Gasteiger charge is 2.72. The van der Waals surface area contributed by atoms with E-state index in [9.17, 15) is 14.7 Å². The number of nitrogens with one attached hydrogen (secondary N) is 1. The van der Waals surface area contributed by atoms with Crippen LogP contribution in [0.3, 0.4) is 0 Å². The van der Waals surface area contributed by atoms with Gasteiger partial charge in [-0.3, -0.25) is 9.59 Å². The maximum Gasteiger partial charge on any atom is 0.307 e. The number of ether oxygens (including phenoxy) is 2. The number of carboxylic acid groups (broad SMARTS) is 1. The fourth-order valence-corrected chi connectivity index (χ4v) is 12.6. The molecule has 1 amide bonds. The molecule has 6 rings (SSSR count). The molecule has 0 radical (unpaired) electrons. The van der Waals surface area contributed by atoms with Crippen LogP contribution in [0.5, 0.6) is 0 Å². The Bertz CT molecular complexity index is 1590. The van der Waals surface area contributed by atoms with Crippen molar-refractivity contribution >= 4 is 11.9 Å². The SMILES string of the molecule is CC[C@H](C)NC(=O)c1ncnn1[C@@H]1C[C@@]23COC[C@](C)([C@@H]2CC[C@H]2C3=CC[C@@]3(C)[C@H](C(=O)O)[C@@](C)([C@H](C)C(C)C)CC[C@]23C)[C@H]1OC[C@](C)(N)C(C)C. The van der Waals surface area contributed by atoms with E-state index in [-0.39, 0.29) is 69.4 Å². The molecule has 13 atom stereocenters. The molecule has 2 bridgehead atoms. The van der Waals surface area contributed by atoms with Gasteiger partial charge in [0.15, 0.2) is 0 Å². The number of carbonyl (C=O) groups excluding carboxylic acids is 1. The summed E-state index contributed by atoms with van der Waals surface area (Å²) in [6.07, 6.45) is 9.85. The van der Waals surface area contributed by atoms with E-state index in [1.807, 2.05) is 11.6 Å². The largest absolute Gasteiger partial charge is 0.481 e. The fraction of sp³-hybridized carbons (Fsp3) is 0.860. The molecule has 4 N–H and O–H groups in total. The Labute approximate surface area is 319 Å². The van der Waals surface area contributed by atoms with Crippen molar-refractivity contribution in [2.45, 2.75) is 152 Å². The summed E-state index contributed by atoms with van der Waals surface area (Å²) in [6.45, 7) is 28.0. The quantitative estimate of drug-likeness (QED) is 0.196. The van der Waals surface area contributed by atoms with Gasteiger partial charge < -0.3 is 25.6 Å². The third kappa shape index (κ3) is 5.96. The zero-order chi connectivity index (χ0) is 39.1. The number of aromatic nitrogens is 3. The van der Waals surface area contributed by atoms with Crippen molar-refractivity contribution in [3.05, 3.63) is 23.8 Å². The Balaban J connectivity index is 1.47. The number of hydrogen-bond donors (Lipinski definition) is 3. The van der Waals surface area contributed by atoms with Gasteiger partial charge in [0, 0.05) is 22.4 Å². The van der Waals surface area contributed by atoms with E-state index in [2.05, 4.69) is 92.5 Å². The number of fused-ring (bicyclic) bond motifs is 3. The lowest BCUT2D eigenvalue weighted by atomic mass is 9.34. The highest BCUT2D eigenvalue weighted by Crippen LogP contribution is 2.75. The minimum absolute atomic E-state index is 0.000342. The summed E-state index contributed by atoms with van der Waals surface area (Å²) in [5.74, 6) is 0.397. The van der Waals surface area contributed by atoms with Crippen molar-refractivity contribution in [2.24, 2.45) is 68.3 Å². The third-order valence-electron chi connectivity index (χ3n) is 17.1. The average molecular weight is 738 g/mol. The van der Waals surface area contributed by atoms with Gasteiger partial charge in [0.05, 0.1) is 37.9 Å². The molecule has 0 unspecified atom stereocenters. The zero-order valence-corrected chi connectivity index (χ0v) is 34.9. The summed E-state index contributed by atoms with van der Waals surface area (Å²) in [7, 11) is 0. The summed E-state index contributed by atoms with van der Waals surface area (Å²) in [5, 5.41) is 19.0. The lowest BCUT2D eigenvalue weighted by molar-refractivity contribution is -0.252. The predicted molar refractivity (Wildman–Crippen MR) is 207 cm³/mol. The first-order valence-corrected chi connectivity index (χ1v) is 20.8. The van der Waals surface area contributed by atoms with Gasteiger partial charge in [-0.05, 0) is 105 Å². The fourth-order valence-electron chi connectivity index (χ4n) is 12.6. The van der Waals surface area contributed by atoms with E-state index in [1.165, 1.54) is 11.9 Å². The topological polar surface area (TPSA) is 142 Å². The molecule has 0 aromatic carbocycles. The third-order valence-corrected chi connectivity index (χ3v) is 17.1. The lowest BCUT2D eigenvalue weighted by Crippen LogP contribution is -2.69. The van der Waals surface area contributed by atoms with Crippen LogP contribution in [-0.4, -0.2) is 69.3 Å². The number of allylic oxidation sites excluding steroid dienone is 1. The van der Waals surface area contributed by atoms with Crippen LogP contribution in [-0.2, 0) is 14.3 Å². The van der Waals surface area contributed by atoms with Gasteiger partial charge in [-0.25, -0.2) is 9.67 Å². The average Bonchev–Trinajstić information content (AvgIpc) is 3.57. The molecule has 3 saturated carbocycles. The highest BCUT2D eigenvalue weighted by atomic mass is 16.5. The van der Waals surface area contributed by atoms with Crippen molar-refractivity contribution in [1.82, 2.24) is 20.1 Å². The maximum atomic E-state index is 13.8. The van der Waals surface area contributed by atoms with Crippen molar-refractivity contribution < 1.29 is 24.2 Å². The number of amides is 1. The Hall–Kier alpha value is -2.30. The molecular weight excluding hydrogens is 667 g/mol. The summed E-state index contributed by atoms with van der Waals surface area (Å²) in [6, 6.07) is -0.280. The van der Waals surface area contributed by atoms with Gasteiger partial charge in [-0.15, -0.1) is 0 Å². The second-order valence-electron chi connectivity index (χ2n) is 20.3. The van der Waals surface area contributed by atoms with E-state index in [1.54, 1.807) is 0 Å². The summed E-state index contributed by atoms with van der Waals surface area (Å²) in [4.78, 5) is 31.9. The van der Waals surface area contributed by atoms with Crippen LogP contribution in [0.2, 0.25) is 0 Å². The molecule has 0 spiro atoms. The molecule has 1 aromatic rings. The van der Waals surface area contributed by atoms with Gasteiger partial charge in [-0.1, -0.05) is 80.9 Å². The summed E-state index contributed by atoms with van der Waals surface area (Å²) in [5.41, 5.74) is 6.16. The number of rotatable bonds is 11. The normalized spacial score (nSPS) is 41.7. The number of aliphatic carboxylic acids is 1. The Kier molecular flexibility index (Phi) is 10.4. The van der Waals surface area contributed by atoms with Crippen LogP contribution >= 0.6 is 0 Å². The first-order chi connectivity index (χ1) is 24.6. The molecule has 1 aliphatic heterocycles. The Morgan fingerprint density at radius 2 is 1.79 bits per heavy atom. The number of nitrogens with zero attached hydrogens (tertiary/aromatic N) is 3. The molecule has 53 heavy (non-hydrogen) atoms. The minimum atomic E-state index is -0.647. The number of carboxylic acids is 1. The van der Waals surface area contributed by atoms with E-state index >= 15 is 0 Å². The zero-order valence-electron chi connectivity index (χ0n) is 34.9. The summed E-state index contributed by atoms with van der Waals surface area (Å²) < 4.78 is 15.7. The van der Waals surface area contributed by atoms with Crippen molar-refractivity contribution in [3.63, 3.8) is 0 Å².